The van der Waals surface area contributed by atoms with Crippen molar-refractivity contribution in [1.29, 1.82) is 0 Å². The summed E-state index contributed by atoms with van der Waals surface area (Å²) in [6.45, 7) is 8.00. The van der Waals surface area contributed by atoms with Gasteiger partial charge >= 0.3 is 0 Å². The van der Waals surface area contributed by atoms with Crippen LogP contribution in [0.5, 0.6) is 0 Å². The number of carbonyl (C=O) groups excluding carboxylic acids is 2. The quantitative estimate of drug-likeness (QED) is 0.778. The van der Waals surface area contributed by atoms with Gasteiger partial charge in [0, 0.05) is 37.7 Å². The molecule has 0 unspecified atom stereocenters. The molecule has 1 aliphatic rings. The van der Waals surface area contributed by atoms with Gasteiger partial charge in [0.15, 0.2) is 0 Å². The van der Waals surface area contributed by atoms with E-state index in [1.807, 2.05) is 49.9 Å². The van der Waals surface area contributed by atoms with Crippen LogP contribution >= 0.6 is 0 Å². The molecule has 136 valence electrons. The van der Waals surface area contributed by atoms with Gasteiger partial charge < -0.3 is 9.80 Å². The van der Waals surface area contributed by atoms with Crippen LogP contribution in [0.1, 0.15) is 26.5 Å². The van der Waals surface area contributed by atoms with Gasteiger partial charge in [-0.3, -0.25) is 14.6 Å². The number of nitrogens with zero attached hydrogens (tertiary/aromatic N) is 4. The molecule has 0 radical (unpaired) electrons. The number of fused-ring (bicyclic) bond motifs is 1. The van der Waals surface area contributed by atoms with Crippen LogP contribution in [0.2, 0.25) is 0 Å². The van der Waals surface area contributed by atoms with Gasteiger partial charge in [0.1, 0.15) is 0 Å². The average Bonchev–Trinajstić information content (AvgIpc) is 2.64. The van der Waals surface area contributed by atoms with Crippen molar-refractivity contribution in [3.8, 4) is 0 Å². The molecule has 0 spiro atoms. The third-order valence-corrected chi connectivity index (χ3v) is 4.38. The van der Waals surface area contributed by atoms with Crippen molar-refractivity contribution < 1.29 is 9.59 Å². The Kier molecular flexibility index (Phi) is 5.02. The van der Waals surface area contributed by atoms with Crippen LogP contribution in [0.15, 0.2) is 36.5 Å². The van der Waals surface area contributed by atoms with E-state index >= 15 is 0 Å². The Morgan fingerprint density at radius 1 is 1.00 bits per heavy atom. The fourth-order valence-corrected chi connectivity index (χ4v) is 2.92. The predicted octanol–water partition coefficient (Wildman–Crippen LogP) is 2.36. The molecule has 1 fully saturated rings. The van der Waals surface area contributed by atoms with E-state index in [1.165, 1.54) is 6.08 Å². The van der Waals surface area contributed by atoms with Crippen molar-refractivity contribution in [3.05, 3.63) is 42.2 Å². The molecule has 1 aromatic heterocycles. The largest absolute Gasteiger partial charge is 0.339 e. The Balaban J connectivity index is 1.60. The third-order valence-electron chi connectivity index (χ3n) is 4.38. The zero-order chi connectivity index (χ0) is 18.7. The molecule has 0 aliphatic carbocycles. The molecule has 0 N–H and O–H groups in total. The number of benzene rings is 1. The summed E-state index contributed by atoms with van der Waals surface area (Å²) in [5.41, 5.74) is 1.89. The standard InChI is InChI=1S/C20H24N4O2/c1-20(2,3)19(26)24-12-10-23(11-13-24)18(25)9-8-15-14-21-16-6-4-5-7-17(16)22-15/h4-9,14H,10-13H2,1-3H3/b9-8+. The number of hydrogen-bond acceptors (Lipinski definition) is 4. The van der Waals surface area contributed by atoms with Crippen molar-refractivity contribution in [3.63, 3.8) is 0 Å². The van der Waals surface area contributed by atoms with Gasteiger partial charge in [-0.25, -0.2) is 4.98 Å². The zero-order valence-electron chi connectivity index (χ0n) is 15.5. The van der Waals surface area contributed by atoms with Crippen molar-refractivity contribution in [2.75, 3.05) is 26.2 Å². The lowest BCUT2D eigenvalue weighted by atomic mass is 9.94. The highest BCUT2D eigenvalue weighted by Crippen LogP contribution is 2.18. The average molecular weight is 352 g/mol. The molecular weight excluding hydrogens is 328 g/mol. The maximum Gasteiger partial charge on any atom is 0.246 e. The van der Waals surface area contributed by atoms with E-state index in [2.05, 4.69) is 9.97 Å². The first kappa shape index (κ1) is 18.0. The summed E-state index contributed by atoms with van der Waals surface area (Å²) >= 11 is 0. The van der Waals surface area contributed by atoms with E-state index in [-0.39, 0.29) is 17.2 Å². The molecule has 2 aromatic rings. The lowest BCUT2D eigenvalue weighted by Gasteiger charge is -2.37. The second-order valence-electron chi connectivity index (χ2n) is 7.48. The Morgan fingerprint density at radius 2 is 1.62 bits per heavy atom. The van der Waals surface area contributed by atoms with Gasteiger partial charge in [0.05, 0.1) is 22.9 Å². The van der Waals surface area contributed by atoms with E-state index in [9.17, 15) is 9.59 Å². The lowest BCUT2D eigenvalue weighted by molar-refractivity contribution is -0.143. The first-order chi connectivity index (χ1) is 12.3. The van der Waals surface area contributed by atoms with Crippen LogP contribution in [0.4, 0.5) is 0 Å². The van der Waals surface area contributed by atoms with Crippen LogP contribution in [0.3, 0.4) is 0 Å². The normalized spacial score (nSPS) is 15.7. The summed E-state index contributed by atoms with van der Waals surface area (Å²) in [5, 5.41) is 0. The van der Waals surface area contributed by atoms with E-state index in [0.717, 1.165) is 11.0 Å². The second kappa shape index (κ2) is 7.23. The van der Waals surface area contributed by atoms with E-state index in [1.54, 1.807) is 17.2 Å². The van der Waals surface area contributed by atoms with Crippen LogP contribution in [-0.2, 0) is 9.59 Å². The minimum atomic E-state index is -0.388. The molecule has 1 aliphatic heterocycles. The summed E-state index contributed by atoms with van der Waals surface area (Å²) in [6.07, 6.45) is 4.88. The molecule has 1 saturated heterocycles. The summed E-state index contributed by atoms with van der Waals surface area (Å²) in [4.78, 5) is 37.1. The Bertz CT molecular complexity index is 846. The Labute approximate surface area is 153 Å². The molecule has 2 heterocycles. The topological polar surface area (TPSA) is 66.4 Å². The molecule has 6 nitrogen and oxygen atoms in total. The van der Waals surface area contributed by atoms with Crippen LogP contribution in [0, 0.1) is 5.41 Å². The lowest BCUT2D eigenvalue weighted by Crippen LogP contribution is -2.52. The summed E-state index contributed by atoms with van der Waals surface area (Å²) in [6, 6.07) is 7.63. The van der Waals surface area contributed by atoms with Crippen molar-refractivity contribution in [2.24, 2.45) is 5.41 Å². The van der Waals surface area contributed by atoms with Gasteiger partial charge in [-0.05, 0) is 18.2 Å². The highest BCUT2D eigenvalue weighted by atomic mass is 16.2. The fourth-order valence-electron chi connectivity index (χ4n) is 2.92. The highest BCUT2D eigenvalue weighted by Gasteiger charge is 2.30. The van der Waals surface area contributed by atoms with Crippen molar-refractivity contribution in [2.45, 2.75) is 20.8 Å². The summed E-state index contributed by atoms with van der Waals surface area (Å²) in [7, 11) is 0. The molecule has 6 heteroatoms. The zero-order valence-corrected chi connectivity index (χ0v) is 15.5. The number of hydrogen-bond donors (Lipinski definition) is 0. The summed E-state index contributed by atoms with van der Waals surface area (Å²) in [5.74, 6) is 0.0643. The van der Waals surface area contributed by atoms with Gasteiger partial charge in [-0.1, -0.05) is 32.9 Å². The molecule has 3 rings (SSSR count). The maximum absolute atomic E-state index is 12.4. The SMILES string of the molecule is CC(C)(C)C(=O)N1CCN(C(=O)/C=C/c2cnc3ccccc3n2)CC1. The Morgan fingerprint density at radius 3 is 2.27 bits per heavy atom. The van der Waals surface area contributed by atoms with Crippen LogP contribution < -0.4 is 0 Å². The number of carbonyl (C=O) groups is 2. The van der Waals surface area contributed by atoms with Crippen molar-refractivity contribution >= 4 is 28.9 Å². The molecule has 1 aromatic carbocycles. The maximum atomic E-state index is 12.4. The number of piperazine rings is 1. The number of amides is 2. The first-order valence-corrected chi connectivity index (χ1v) is 8.83. The number of rotatable bonds is 2. The Hall–Kier alpha value is -2.76. The molecule has 0 atom stereocenters. The number of para-hydroxylation sites is 2. The van der Waals surface area contributed by atoms with Gasteiger partial charge in [-0.15, -0.1) is 0 Å². The monoisotopic (exact) mass is 352 g/mol. The van der Waals surface area contributed by atoms with Gasteiger partial charge in [-0.2, -0.15) is 0 Å². The van der Waals surface area contributed by atoms with Crippen molar-refractivity contribution in [1.82, 2.24) is 19.8 Å². The first-order valence-electron chi connectivity index (χ1n) is 8.83. The molecule has 0 saturated carbocycles. The predicted molar refractivity (Wildman–Crippen MR) is 101 cm³/mol. The second-order valence-corrected chi connectivity index (χ2v) is 7.48. The van der Waals surface area contributed by atoms with Crippen LogP contribution in [-0.4, -0.2) is 57.8 Å². The van der Waals surface area contributed by atoms with Gasteiger partial charge in [0.25, 0.3) is 0 Å². The van der Waals surface area contributed by atoms with Gasteiger partial charge in [0.2, 0.25) is 11.8 Å². The number of aromatic nitrogens is 2. The molecule has 2 amide bonds. The van der Waals surface area contributed by atoms with E-state index < -0.39 is 0 Å². The summed E-state index contributed by atoms with van der Waals surface area (Å²) < 4.78 is 0. The minimum absolute atomic E-state index is 0.0668. The highest BCUT2D eigenvalue weighted by molar-refractivity contribution is 5.92. The molecule has 26 heavy (non-hydrogen) atoms. The minimum Gasteiger partial charge on any atom is -0.339 e. The van der Waals surface area contributed by atoms with E-state index in [0.29, 0.717) is 31.9 Å². The van der Waals surface area contributed by atoms with E-state index in [4.69, 9.17) is 0 Å². The third kappa shape index (κ3) is 4.07. The fraction of sp³-hybridized carbons (Fsp3) is 0.400. The smallest absolute Gasteiger partial charge is 0.246 e. The molecular formula is C20H24N4O2. The molecule has 0 bridgehead atoms. The van der Waals surface area contributed by atoms with Crippen LogP contribution in [0.25, 0.3) is 17.1 Å².